The Balaban J connectivity index is 2.00. The van der Waals surface area contributed by atoms with E-state index in [1.54, 1.807) is 6.92 Å². The zero-order chi connectivity index (χ0) is 19.5. The smallest absolute Gasteiger partial charge is 0.421 e. The van der Waals surface area contributed by atoms with Crippen molar-refractivity contribution in [1.29, 1.82) is 0 Å². The van der Waals surface area contributed by atoms with Crippen LogP contribution in [0.5, 0.6) is 5.75 Å². The zero-order valence-electron chi connectivity index (χ0n) is 13.6. The second kappa shape index (κ2) is 7.72. The number of halogens is 4. The summed E-state index contributed by atoms with van der Waals surface area (Å²) in [5.41, 5.74) is -0.741. The van der Waals surface area contributed by atoms with Gasteiger partial charge in [0.2, 0.25) is 11.0 Å². The summed E-state index contributed by atoms with van der Waals surface area (Å²) in [6, 6.07) is -0.492. The first kappa shape index (κ1) is 19.7. The maximum atomic E-state index is 13.0. The standard InChI is InChI=1S/C13H14ClF3N6O3/c1-6(3-4-26-9-7(2)21-22-11(9)23(24)25)19-10-8(13(15,16)17)5-18-12(14)20-10/h5-6H,3-4H2,1-2H3,(H,21,22)(H,18,19,20). The number of rotatable bonds is 7. The number of ether oxygens (including phenoxy) is 1. The van der Waals surface area contributed by atoms with Crippen LogP contribution in [0.1, 0.15) is 24.6 Å². The van der Waals surface area contributed by atoms with Crippen molar-refractivity contribution in [3.05, 3.63) is 32.9 Å². The molecule has 2 aromatic rings. The molecular formula is C13H14ClF3N6O3. The molecule has 26 heavy (non-hydrogen) atoms. The van der Waals surface area contributed by atoms with E-state index in [0.29, 0.717) is 11.9 Å². The quantitative estimate of drug-likeness (QED) is 0.420. The second-order valence-corrected chi connectivity index (χ2v) is 5.66. The zero-order valence-corrected chi connectivity index (χ0v) is 14.4. The van der Waals surface area contributed by atoms with E-state index in [1.165, 1.54) is 6.92 Å². The van der Waals surface area contributed by atoms with Gasteiger partial charge in [0.25, 0.3) is 0 Å². The predicted octanol–water partition coefficient (Wildman–Crippen LogP) is 3.36. The van der Waals surface area contributed by atoms with Crippen molar-refractivity contribution in [3.63, 3.8) is 0 Å². The molecule has 13 heteroatoms. The van der Waals surface area contributed by atoms with Crippen molar-refractivity contribution in [2.24, 2.45) is 0 Å². The molecule has 2 N–H and O–H groups in total. The van der Waals surface area contributed by atoms with Crippen LogP contribution in [0.25, 0.3) is 0 Å². The van der Waals surface area contributed by atoms with Crippen LogP contribution in [0.4, 0.5) is 24.8 Å². The Morgan fingerprint density at radius 3 is 2.81 bits per heavy atom. The summed E-state index contributed by atoms with van der Waals surface area (Å²) in [4.78, 5) is 17.1. The fraction of sp³-hybridized carbons (Fsp3) is 0.462. The number of nitro groups is 1. The molecule has 2 aromatic heterocycles. The first-order chi connectivity index (χ1) is 12.1. The minimum absolute atomic E-state index is 0.00947. The van der Waals surface area contributed by atoms with E-state index in [0.717, 1.165) is 0 Å². The van der Waals surface area contributed by atoms with Crippen molar-refractivity contribution in [2.45, 2.75) is 32.5 Å². The molecule has 0 aromatic carbocycles. The molecule has 0 aliphatic heterocycles. The molecule has 0 amide bonds. The van der Waals surface area contributed by atoms with Gasteiger partial charge in [-0.3, -0.25) is 0 Å². The average Bonchev–Trinajstić information content (AvgIpc) is 2.87. The molecule has 0 aliphatic rings. The van der Waals surface area contributed by atoms with Gasteiger partial charge in [0, 0.05) is 18.7 Å². The van der Waals surface area contributed by atoms with E-state index in [9.17, 15) is 23.3 Å². The summed E-state index contributed by atoms with van der Waals surface area (Å²) in [5.74, 6) is -0.844. The van der Waals surface area contributed by atoms with Crippen LogP contribution in [0.2, 0.25) is 5.28 Å². The molecule has 0 spiro atoms. The molecule has 0 aliphatic carbocycles. The first-order valence-corrected chi connectivity index (χ1v) is 7.65. The summed E-state index contributed by atoms with van der Waals surface area (Å²) in [5, 5.41) is 19.0. The van der Waals surface area contributed by atoms with Crippen molar-refractivity contribution in [3.8, 4) is 5.75 Å². The lowest BCUT2D eigenvalue weighted by atomic mass is 10.2. The summed E-state index contributed by atoms with van der Waals surface area (Å²) in [7, 11) is 0. The van der Waals surface area contributed by atoms with Crippen LogP contribution < -0.4 is 10.1 Å². The third-order valence-corrected chi connectivity index (χ3v) is 3.48. The lowest BCUT2D eigenvalue weighted by Crippen LogP contribution is -2.22. The van der Waals surface area contributed by atoms with Gasteiger partial charge in [-0.1, -0.05) is 5.10 Å². The fourth-order valence-corrected chi connectivity index (χ4v) is 2.16. The van der Waals surface area contributed by atoms with Gasteiger partial charge in [-0.05, 0) is 30.4 Å². The fourth-order valence-electron chi connectivity index (χ4n) is 2.03. The number of hydrogen-bond acceptors (Lipinski definition) is 7. The van der Waals surface area contributed by atoms with Gasteiger partial charge in [-0.2, -0.15) is 13.2 Å². The summed E-state index contributed by atoms with van der Waals surface area (Å²) in [6.07, 6.45) is -3.81. The minimum Gasteiger partial charge on any atom is -0.484 e. The van der Waals surface area contributed by atoms with Gasteiger partial charge in [0.15, 0.2) is 0 Å². The predicted molar refractivity (Wildman–Crippen MR) is 85.2 cm³/mol. The number of alkyl halides is 3. The van der Waals surface area contributed by atoms with Crippen LogP contribution in [0.3, 0.4) is 0 Å². The Labute approximate surface area is 150 Å². The summed E-state index contributed by atoms with van der Waals surface area (Å²) < 4.78 is 44.3. The van der Waals surface area contributed by atoms with Crippen molar-refractivity contribution < 1.29 is 22.8 Å². The van der Waals surface area contributed by atoms with E-state index < -0.39 is 28.5 Å². The molecule has 0 saturated carbocycles. The molecule has 0 fully saturated rings. The number of anilines is 1. The molecule has 0 bridgehead atoms. The Morgan fingerprint density at radius 1 is 1.50 bits per heavy atom. The average molecular weight is 395 g/mol. The van der Waals surface area contributed by atoms with Gasteiger partial charge in [0.1, 0.15) is 17.1 Å². The molecule has 0 radical (unpaired) electrons. The highest BCUT2D eigenvalue weighted by Crippen LogP contribution is 2.34. The third kappa shape index (κ3) is 4.71. The monoisotopic (exact) mass is 394 g/mol. The molecule has 2 heterocycles. The van der Waals surface area contributed by atoms with Gasteiger partial charge in [-0.25, -0.2) is 9.97 Å². The minimum atomic E-state index is -4.64. The molecule has 1 unspecified atom stereocenters. The lowest BCUT2D eigenvalue weighted by molar-refractivity contribution is -0.390. The highest BCUT2D eigenvalue weighted by Gasteiger charge is 2.35. The number of nitrogens with one attached hydrogen (secondary N) is 2. The van der Waals surface area contributed by atoms with Crippen LogP contribution in [0, 0.1) is 17.0 Å². The van der Waals surface area contributed by atoms with Gasteiger partial charge in [0.05, 0.1) is 6.61 Å². The molecule has 9 nitrogen and oxygen atoms in total. The van der Waals surface area contributed by atoms with Gasteiger partial charge < -0.3 is 20.2 Å². The maximum Gasteiger partial charge on any atom is 0.421 e. The molecule has 142 valence electrons. The van der Waals surface area contributed by atoms with Crippen LogP contribution >= 0.6 is 11.6 Å². The van der Waals surface area contributed by atoms with E-state index >= 15 is 0 Å². The van der Waals surface area contributed by atoms with Crippen molar-refractivity contribution in [1.82, 2.24) is 20.2 Å². The van der Waals surface area contributed by atoms with E-state index in [1.807, 2.05) is 0 Å². The summed E-state index contributed by atoms with van der Waals surface area (Å²) in [6.45, 7) is 3.14. The van der Waals surface area contributed by atoms with Gasteiger partial charge in [-0.15, -0.1) is 5.10 Å². The number of nitrogens with zero attached hydrogens (tertiary/aromatic N) is 4. The maximum absolute atomic E-state index is 13.0. The number of aromatic amines is 1. The second-order valence-electron chi connectivity index (χ2n) is 5.33. The van der Waals surface area contributed by atoms with E-state index in [-0.39, 0.29) is 29.9 Å². The lowest BCUT2D eigenvalue weighted by Gasteiger charge is -2.18. The SMILES string of the molecule is Cc1n[nH]c([N+](=O)[O-])c1OCCC(C)Nc1nc(Cl)ncc1C(F)(F)F. The topological polar surface area (TPSA) is 119 Å². The number of hydrogen-bond donors (Lipinski definition) is 2. The van der Waals surface area contributed by atoms with Crippen LogP contribution in [0.15, 0.2) is 6.20 Å². The Morgan fingerprint density at radius 2 is 2.19 bits per heavy atom. The molecule has 2 rings (SSSR count). The molecule has 1 atom stereocenters. The van der Waals surface area contributed by atoms with Gasteiger partial charge >= 0.3 is 12.0 Å². The normalized spacial score (nSPS) is 12.7. The van der Waals surface area contributed by atoms with Crippen LogP contribution in [-0.2, 0) is 6.18 Å². The van der Waals surface area contributed by atoms with Crippen LogP contribution in [-0.4, -0.2) is 37.7 Å². The molecule has 0 saturated heterocycles. The first-order valence-electron chi connectivity index (χ1n) is 7.28. The number of aryl methyl sites for hydroxylation is 1. The number of aromatic nitrogens is 4. The van der Waals surface area contributed by atoms with E-state index in [4.69, 9.17) is 16.3 Å². The van der Waals surface area contributed by atoms with Crippen molar-refractivity contribution >= 4 is 23.2 Å². The third-order valence-electron chi connectivity index (χ3n) is 3.30. The Bertz CT molecular complexity index is 798. The van der Waals surface area contributed by atoms with Crippen molar-refractivity contribution in [2.75, 3.05) is 11.9 Å². The van der Waals surface area contributed by atoms with E-state index in [2.05, 4.69) is 25.5 Å². The molecular weight excluding hydrogens is 381 g/mol. The largest absolute Gasteiger partial charge is 0.484 e. The Hall–Kier alpha value is -2.63. The highest BCUT2D eigenvalue weighted by atomic mass is 35.5. The highest BCUT2D eigenvalue weighted by molar-refractivity contribution is 6.28. The summed E-state index contributed by atoms with van der Waals surface area (Å²) >= 11 is 5.56. The Kier molecular flexibility index (Phi) is 5.85. The number of H-pyrrole nitrogens is 1.